The summed E-state index contributed by atoms with van der Waals surface area (Å²) in [4.78, 5) is 52.0. The van der Waals surface area contributed by atoms with Crippen LogP contribution in [-0.2, 0) is 16.1 Å². The van der Waals surface area contributed by atoms with Crippen molar-refractivity contribution in [3.63, 3.8) is 0 Å². The Morgan fingerprint density at radius 1 is 1.19 bits per heavy atom. The van der Waals surface area contributed by atoms with E-state index >= 15 is 0 Å². The molecule has 0 bridgehead atoms. The van der Waals surface area contributed by atoms with E-state index < -0.39 is 23.8 Å². The Balaban J connectivity index is 1.74. The monoisotopic (exact) mass is 372 g/mol. The highest BCUT2D eigenvalue weighted by atomic mass is 16.2. The number of rotatable bonds is 7. The molecule has 1 saturated heterocycles. The van der Waals surface area contributed by atoms with Crippen molar-refractivity contribution in [1.82, 2.24) is 20.4 Å². The van der Waals surface area contributed by atoms with Gasteiger partial charge in [-0.2, -0.15) is 0 Å². The van der Waals surface area contributed by atoms with Crippen molar-refractivity contribution < 1.29 is 19.2 Å². The molecule has 0 spiro atoms. The molecule has 2 heterocycles. The number of hydrogen-bond donors (Lipinski definition) is 2. The maximum Gasteiger partial charge on any atom is 0.262 e. The van der Waals surface area contributed by atoms with Gasteiger partial charge in [0.2, 0.25) is 11.8 Å². The molecule has 3 rings (SSSR count). The van der Waals surface area contributed by atoms with E-state index in [9.17, 15) is 19.2 Å². The second-order valence-electron chi connectivity index (χ2n) is 7.02. The van der Waals surface area contributed by atoms with Gasteiger partial charge in [-0.1, -0.05) is 6.07 Å². The Kier molecular flexibility index (Phi) is 5.67. The molecule has 1 atom stereocenters. The van der Waals surface area contributed by atoms with Crippen LogP contribution < -0.4 is 10.6 Å². The van der Waals surface area contributed by atoms with E-state index in [0.717, 1.165) is 30.0 Å². The van der Waals surface area contributed by atoms with E-state index in [1.54, 1.807) is 12.1 Å². The zero-order valence-corrected chi connectivity index (χ0v) is 15.6. The van der Waals surface area contributed by atoms with Crippen molar-refractivity contribution in [2.45, 2.75) is 31.8 Å². The molecule has 0 aliphatic carbocycles. The lowest BCUT2D eigenvalue weighted by molar-refractivity contribution is -0.136. The zero-order valence-electron chi connectivity index (χ0n) is 15.6. The van der Waals surface area contributed by atoms with E-state index in [0.29, 0.717) is 17.7 Å². The lowest BCUT2D eigenvalue weighted by atomic mass is 10.0. The largest absolute Gasteiger partial charge is 0.320 e. The molecule has 8 heteroatoms. The minimum absolute atomic E-state index is 0.118. The normalized spacial score (nSPS) is 19.7. The van der Waals surface area contributed by atoms with Gasteiger partial charge in [-0.05, 0) is 57.7 Å². The first-order chi connectivity index (χ1) is 12.9. The Hall–Kier alpha value is -2.58. The third-order valence-corrected chi connectivity index (χ3v) is 4.92. The van der Waals surface area contributed by atoms with Gasteiger partial charge < -0.3 is 10.2 Å². The first-order valence-corrected chi connectivity index (χ1v) is 9.10. The Morgan fingerprint density at radius 3 is 2.63 bits per heavy atom. The standard InChI is InChI=1S/C19H24N4O4/c1-20-8-3-9-22(2)11-12-4-5-13-14(10-12)19(27)23(18(13)26)15-6-7-16(24)21-17(15)25/h4-5,10,15,20H,3,6-9,11H2,1-2H3,(H,21,24,25). The Bertz CT molecular complexity index is 792. The lowest BCUT2D eigenvalue weighted by Crippen LogP contribution is -2.54. The van der Waals surface area contributed by atoms with Gasteiger partial charge in [0.15, 0.2) is 0 Å². The first kappa shape index (κ1) is 19.2. The van der Waals surface area contributed by atoms with E-state index in [4.69, 9.17) is 0 Å². The number of carbonyl (C=O) groups excluding carboxylic acids is 4. The minimum atomic E-state index is -0.928. The van der Waals surface area contributed by atoms with E-state index in [1.165, 1.54) is 0 Å². The molecule has 1 fully saturated rings. The summed E-state index contributed by atoms with van der Waals surface area (Å²) in [5.74, 6) is -1.91. The number of amides is 4. The van der Waals surface area contributed by atoms with Crippen molar-refractivity contribution >= 4 is 23.6 Å². The number of carbonyl (C=O) groups is 4. The number of fused-ring (bicyclic) bond motifs is 1. The fraction of sp³-hybridized carbons (Fsp3) is 0.474. The SMILES string of the molecule is CNCCCN(C)Cc1ccc2c(c1)C(=O)N(C1CCC(=O)NC1=O)C2=O. The molecule has 1 aromatic carbocycles. The van der Waals surface area contributed by atoms with Crippen molar-refractivity contribution in [3.05, 3.63) is 34.9 Å². The van der Waals surface area contributed by atoms with Gasteiger partial charge in [-0.25, -0.2) is 0 Å². The summed E-state index contributed by atoms with van der Waals surface area (Å²) < 4.78 is 0. The van der Waals surface area contributed by atoms with Crippen LogP contribution in [0.4, 0.5) is 0 Å². The summed E-state index contributed by atoms with van der Waals surface area (Å²) in [7, 11) is 3.92. The van der Waals surface area contributed by atoms with Crippen molar-refractivity contribution in [1.29, 1.82) is 0 Å². The molecule has 1 aromatic rings. The molecule has 0 aromatic heterocycles. The van der Waals surface area contributed by atoms with Crippen LogP contribution in [0.2, 0.25) is 0 Å². The molecule has 2 aliphatic rings. The minimum Gasteiger partial charge on any atom is -0.320 e. The van der Waals surface area contributed by atoms with E-state index in [1.807, 2.05) is 20.2 Å². The van der Waals surface area contributed by atoms with E-state index in [2.05, 4.69) is 15.5 Å². The van der Waals surface area contributed by atoms with Crippen LogP contribution >= 0.6 is 0 Å². The Morgan fingerprint density at radius 2 is 1.93 bits per heavy atom. The number of nitrogens with one attached hydrogen (secondary N) is 2. The summed E-state index contributed by atoms with van der Waals surface area (Å²) in [5.41, 5.74) is 1.57. The lowest BCUT2D eigenvalue weighted by Gasteiger charge is -2.27. The predicted molar refractivity (Wildman–Crippen MR) is 98.0 cm³/mol. The molecular formula is C19H24N4O4. The van der Waals surface area contributed by atoms with Crippen LogP contribution in [0.5, 0.6) is 0 Å². The van der Waals surface area contributed by atoms with E-state index in [-0.39, 0.29) is 18.7 Å². The van der Waals surface area contributed by atoms with Crippen LogP contribution in [0.25, 0.3) is 0 Å². The van der Waals surface area contributed by atoms with Crippen molar-refractivity contribution in [2.75, 3.05) is 27.2 Å². The molecule has 2 N–H and O–H groups in total. The molecule has 27 heavy (non-hydrogen) atoms. The number of imide groups is 2. The van der Waals surface area contributed by atoms with Crippen LogP contribution in [-0.4, -0.2) is 66.7 Å². The molecule has 2 aliphatic heterocycles. The number of nitrogens with zero attached hydrogens (tertiary/aromatic N) is 2. The van der Waals surface area contributed by atoms with Crippen molar-refractivity contribution in [3.8, 4) is 0 Å². The van der Waals surface area contributed by atoms with Crippen molar-refractivity contribution in [2.24, 2.45) is 0 Å². The third kappa shape index (κ3) is 3.91. The van der Waals surface area contributed by atoms with Gasteiger partial charge in [-0.3, -0.25) is 29.4 Å². The quantitative estimate of drug-likeness (QED) is 0.521. The fourth-order valence-corrected chi connectivity index (χ4v) is 3.53. The van der Waals surface area contributed by atoms with Gasteiger partial charge >= 0.3 is 0 Å². The highest BCUT2D eigenvalue weighted by Crippen LogP contribution is 2.28. The number of benzene rings is 1. The highest BCUT2D eigenvalue weighted by Gasteiger charge is 2.44. The topological polar surface area (TPSA) is 98.8 Å². The summed E-state index contributed by atoms with van der Waals surface area (Å²) in [6, 6.07) is 4.30. The molecule has 0 saturated carbocycles. The van der Waals surface area contributed by atoms with Gasteiger partial charge in [0, 0.05) is 13.0 Å². The summed E-state index contributed by atoms with van der Waals surface area (Å²) in [5, 5.41) is 5.31. The maximum absolute atomic E-state index is 12.8. The molecule has 0 radical (unpaired) electrons. The summed E-state index contributed by atoms with van der Waals surface area (Å²) in [6.07, 6.45) is 1.29. The number of hydrogen-bond acceptors (Lipinski definition) is 6. The Labute approximate surface area is 157 Å². The van der Waals surface area contributed by atoms with Crippen LogP contribution in [0.1, 0.15) is 45.5 Å². The van der Waals surface area contributed by atoms with Gasteiger partial charge in [0.05, 0.1) is 11.1 Å². The average Bonchev–Trinajstić information content (AvgIpc) is 2.86. The van der Waals surface area contributed by atoms with Gasteiger partial charge in [0.1, 0.15) is 6.04 Å². The van der Waals surface area contributed by atoms with Crippen LogP contribution in [0.15, 0.2) is 18.2 Å². The predicted octanol–water partition coefficient (Wildman–Crippen LogP) is 0.129. The smallest absolute Gasteiger partial charge is 0.262 e. The third-order valence-electron chi connectivity index (χ3n) is 4.92. The first-order valence-electron chi connectivity index (χ1n) is 9.10. The zero-order chi connectivity index (χ0) is 19.6. The second kappa shape index (κ2) is 7.98. The maximum atomic E-state index is 12.8. The van der Waals surface area contributed by atoms with Gasteiger partial charge in [0.25, 0.3) is 11.8 Å². The average molecular weight is 372 g/mol. The number of piperidine rings is 1. The highest BCUT2D eigenvalue weighted by molar-refractivity contribution is 6.23. The molecule has 4 amide bonds. The van der Waals surface area contributed by atoms with Crippen LogP contribution in [0.3, 0.4) is 0 Å². The second-order valence-corrected chi connectivity index (χ2v) is 7.02. The molecule has 8 nitrogen and oxygen atoms in total. The van der Waals surface area contributed by atoms with Crippen LogP contribution in [0, 0.1) is 0 Å². The van der Waals surface area contributed by atoms with Gasteiger partial charge in [-0.15, -0.1) is 0 Å². The summed E-state index contributed by atoms with van der Waals surface area (Å²) in [6.45, 7) is 2.51. The molecule has 1 unspecified atom stereocenters. The molecular weight excluding hydrogens is 348 g/mol. The fourth-order valence-electron chi connectivity index (χ4n) is 3.53. The molecule has 144 valence electrons. The summed E-state index contributed by atoms with van der Waals surface area (Å²) >= 11 is 0.